The first kappa shape index (κ1) is 14.2. The SMILES string of the molecule is CCCCCN(CCO)Cc1cc(Br)cs1. The Morgan fingerprint density at radius 3 is 2.75 bits per heavy atom. The molecule has 1 rings (SSSR count). The predicted molar refractivity (Wildman–Crippen MR) is 73.9 cm³/mol. The number of thiophene rings is 1. The van der Waals surface area contributed by atoms with E-state index in [2.05, 4.69) is 39.2 Å². The molecule has 0 unspecified atom stereocenters. The zero-order valence-corrected chi connectivity index (χ0v) is 12.2. The van der Waals surface area contributed by atoms with E-state index in [9.17, 15) is 0 Å². The summed E-state index contributed by atoms with van der Waals surface area (Å²) in [6.45, 7) is 5.29. The van der Waals surface area contributed by atoms with E-state index in [4.69, 9.17) is 5.11 Å². The Hall–Kier alpha value is 0.1000. The van der Waals surface area contributed by atoms with Gasteiger partial charge in [-0.3, -0.25) is 4.90 Å². The van der Waals surface area contributed by atoms with Gasteiger partial charge in [-0.25, -0.2) is 0 Å². The van der Waals surface area contributed by atoms with Crippen molar-refractivity contribution in [2.24, 2.45) is 0 Å². The van der Waals surface area contributed by atoms with E-state index in [1.165, 1.54) is 24.1 Å². The summed E-state index contributed by atoms with van der Waals surface area (Å²) in [6, 6.07) is 2.16. The van der Waals surface area contributed by atoms with E-state index < -0.39 is 0 Å². The highest BCUT2D eigenvalue weighted by Crippen LogP contribution is 2.21. The van der Waals surface area contributed by atoms with E-state index in [1.54, 1.807) is 11.3 Å². The van der Waals surface area contributed by atoms with Crippen molar-refractivity contribution in [1.82, 2.24) is 4.90 Å². The topological polar surface area (TPSA) is 23.5 Å². The Kier molecular flexibility index (Phi) is 7.28. The van der Waals surface area contributed by atoms with Crippen molar-refractivity contribution >= 4 is 27.3 Å². The van der Waals surface area contributed by atoms with Gasteiger partial charge in [-0.15, -0.1) is 11.3 Å². The second-order valence-corrected chi connectivity index (χ2v) is 5.85. The highest BCUT2D eigenvalue weighted by Gasteiger charge is 2.06. The Balaban J connectivity index is 2.37. The molecule has 0 amide bonds. The van der Waals surface area contributed by atoms with Crippen LogP contribution in [0.15, 0.2) is 15.9 Å². The molecule has 0 aliphatic rings. The highest BCUT2D eigenvalue weighted by molar-refractivity contribution is 9.10. The Morgan fingerprint density at radius 1 is 1.38 bits per heavy atom. The van der Waals surface area contributed by atoms with Crippen molar-refractivity contribution in [3.63, 3.8) is 0 Å². The van der Waals surface area contributed by atoms with Crippen molar-refractivity contribution < 1.29 is 5.11 Å². The molecule has 16 heavy (non-hydrogen) atoms. The van der Waals surface area contributed by atoms with Crippen LogP contribution in [0.5, 0.6) is 0 Å². The van der Waals surface area contributed by atoms with Crippen molar-refractivity contribution in [2.75, 3.05) is 19.7 Å². The van der Waals surface area contributed by atoms with Gasteiger partial charge in [-0.05, 0) is 35.0 Å². The minimum atomic E-state index is 0.249. The number of hydrogen-bond acceptors (Lipinski definition) is 3. The highest BCUT2D eigenvalue weighted by atomic mass is 79.9. The molecule has 1 aromatic heterocycles. The summed E-state index contributed by atoms with van der Waals surface area (Å²) in [5.41, 5.74) is 0. The van der Waals surface area contributed by atoms with Gasteiger partial charge in [0, 0.05) is 27.8 Å². The lowest BCUT2D eigenvalue weighted by molar-refractivity contribution is 0.189. The van der Waals surface area contributed by atoms with E-state index >= 15 is 0 Å². The largest absolute Gasteiger partial charge is 0.395 e. The molecule has 1 aromatic rings. The minimum Gasteiger partial charge on any atom is -0.395 e. The normalized spacial score (nSPS) is 11.2. The van der Waals surface area contributed by atoms with Gasteiger partial charge in [0.05, 0.1) is 6.61 Å². The van der Waals surface area contributed by atoms with Crippen LogP contribution >= 0.6 is 27.3 Å². The van der Waals surface area contributed by atoms with Gasteiger partial charge in [0.15, 0.2) is 0 Å². The van der Waals surface area contributed by atoms with Crippen LogP contribution in [0.4, 0.5) is 0 Å². The first-order valence-corrected chi connectivity index (χ1v) is 7.49. The fraction of sp³-hybridized carbons (Fsp3) is 0.667. The van der Waals surface area contributed by atoms with E-state index in [1.807, 2.05) is 0 Å². The molecule has 0 spiro atoms. The van der Waals surface area contributed by atoms with Gasteiger partial charge in [0.1, 0.15) is 0 Å². The molecule has 0 saturated heterocycles. The number of aliphatic hydroxyl groups is 1. The van der Waals surface area contributed by atoms with Crippen LogP contribution in [-0.4, -0.2) is 29.7 Å². The number of nitrogens with zero attached hydrogens (tertiary/aromatic N) is 1. The monoisotopic (exact) mass is 305 g/mol. The number of halogens is 1. The van der Waals surface area contributed by atoms with Gasteiger partial charge in [0.2, 0.25) is 0 Å². The molecule has 1 heterocycles. The van der Waals surface area contributed by atoms with Crippen LogP contribution in [0.1, 0.15) is 31.1 Å². The second kappa shape index (κ2) is 8.23. The van der Waals surface area contributed by atoms with Crippen molar-refractivity contribution in [2.45, 2.75) is 32.7 Å². The molecular formula is C12H20BrNOS. The predicted octanol–water partition coefficient (Wildman–Crippen LogP) is 3.50. The molecule has 0 bridgehead atoms. The van der Waals surface area contributed by atoms with Crippen molar-refractivity contribution in [1.29, 1.82) is 0 Å². The van der Waals surface area contributed by atoms with Crippen LogP contribution in [0, 0.1) is 0 Å². The third-order valence-corrected chi connectivity index (χ3v) is 4.18. The summed E-state index contributed by atoms with van der Waals surface area (Å²) in [4.78, 5) is 3.69. The molecule has 0 radical (unpaired) electrons. The third kappa shape index (κ3) is 5.43. The van der Waals surface area contributed by atoms with Gasteiger partial charge < -0.3 is 5.11 Å². The van der Waals surface area contributed by atoms with Crippen LogP contribution in [0.3, 0.4) is 0 Å². The smallest absolute Gasteiger partial charge is 0.0558 e. The molecule has 1 N–H and O–H groups in total. The standard InChI is InChI=1S/C12H20BrNOS/c1-2-3-4-5-14(6-7-15)9-12-8-11(13)10-16-12/h8,10,15H,2-7,9H2,1H3. The Labute approximate surface area is 110 Å². The fourth-order valence-corrected chi connectivity index (χ4v) is 3.15. The van der Waals surface area contributed by atoms with Crippen molar-refractivity contribution in [3.05, 3.63) is 20.8 Å². The number of unbranched alkanes of at least 4 members (excludes halogenated alkanes) is 2. The number of hydrogen-bond donors (Lipinski definition) is 1. The summed E-state index contributed by atoms with van der Waals surface area (Å²) >= 11 is 5.24. The molecule has 0 fully saturated rings. The average Bonchev–Trinajstić information content (AvgIpc) is 2.65. The molecule has 92 valence electrons. The van der Waals surface area contributed by atoms with Crippen LogP contribution in [-0.2, 0) is 6.54 Å². The minimum absolute atomic E-state index is 0.249. The molecule has 2 nitrogen and oxygen atoms in total. The lowest BCUT2D eigenvalue weighted by Gasteiger charge is -2.20. The second-order valence-electron chi connectivity index (χ2n) is 3.94. The molecular weight excluding hydrogens is 286 g/mol. The summed E-state index contributed by atoms with van der Waals surface area (Å²) in [7, 11) is 0. The Bertz CT molecular complexity index is 290. The zero-order chi connectivity index (χ0) is 11.8. The maximum absolute atomic E-state index is 9.03. The quantitative estimate of drug-likeness (QED) is 0.743. The number of rotatable bonds is 8. The summed E-state index contributed by atoms with van der Waals surface area (Å²) < 4.78 is 1.16. The molecule has 0 atom stereocenters. The van der Waals surface area contributed by atoms with E-state index in [0.29, 0.717) is 0 Å². The summed E-state index contributed by atoms with van der Waals surface area (Å²) in [5, 5.41) is 11.1. The maximum Gasteiger partial charge on any atom is 0.0558 e. The Morgan fingerprint density at radius 2 is 2.19 bits per heavy atom. The van der Waals surface area contributed by atoms with Gasteiger partial charge >= 0.3 is 0 Å². The van der Waals surface area contributed by atoms with Crippen LogP contribution < -0.4 is 0 Å². The van der Waals surface area contributed by atoms with Gasteiger partial charge in [0.25, 0.3) is 0 Å². The first-order valence-electron chi connectivity index (χ1n) is 5.82. The average molecular weight is 306 g/mol. The lowest BCUT2D eigenvalue weighted by atomic mass is 10.2. The fourth-order valence-electron chi connectivity index (χ4n) is 1.65. The molecule has 0 aliphatic carbocycles. The van der Waals surface area contributed by atoms with E-state index in [-0.39, 0.29) is 6.61 Å². The molecule has 0 aromatic carbocycles. The molecule has 0 aliphatic heterocycles. The molecule has 4 heteroatoms. The third-order valence-electron chi connectivity index (χ3n) is 2.50. The summed E-state index contributed by atoms with van der Waals surface area (Å²) in [5.74, 6) is 0. The maximum atomic E-state index is 9.03. The van der Waals surface area contributed by atoms with Gasteiger partial charge in [-0.2, -0.15) is 0 Å². The van der Waals surface area contributed by atoms with Crippen LogP contribution in [0.25, 0.3) is 0 Å². The van der Waals surface area contributed by atoms with Gasteiger partial charge in [-0.1, -0.05) is 19.8 Å². The lowest BCUT2D eigenvalue weighted by Crippen LogP contribution is -2.27. The van der Waals surface area contributed by atoms with Crippen LogP contribution in [0.2, 0.25) is 0 Å². The zero-order valence-electron chi connectivity index (χ0n) is 9.79. The number of aliphatic hydroxyl groups excluding tert-OH is 1. The van der Waals surface area contributed by atoms with E-state index in [0.717, 1.165) is 24.1 Å². The summed E-state index contributed by atoms with van der Waals surface area (Å²) in [6.07, 6.45) is 3.75. The molecule has 0 saturated carbocycles. The van der Waals surface area contributed by atoms with Crippen molar-refractivity contribution in [3.8, 4) is 0 Å². The first-order chi connectivity index (χ1) is 7.76.